The number of nitrogens with one attached hydrogen (secondary N) is 2. The number of aromatic amines is 1. The maximum absolute atomic E-state index is 12.1. The van der Waals surface area contributed by atoms with Crippen LogP contribution in [0.3, 0.4) is 0 Å². The van der Waals surface area contributed by atoms with Gasteiger partial charge >= 0.3 is 5.97 Å². The van der Waals surface area contributed by atoms with E-state index in [1.807, 2.05) is 13.0 Å². The van der Waals surface area contributed by atoms with Gasteiger partial charge in [-0.2, -0.15) is 5.10 Å². The fourth-order valence-electron chi connectivity index (χ4n) is 3.02. The van der Waals surface area contributed by atoms with Crippen molar-refractivity contribution >= 4 is 11.8 Å². The molecular formula is C15H13N3O3. The van der Waals surface area contributed by atoms with Gasteiger partial charge in [0, 0.05) is 17.2 Å². The maximum atomic E-state index is 12.1. The monoisotopic (exact) mass is 283 g/mol. The summed E-state index contributed by atoms with van der Waals surface area (Å²) in [6.07, 6.45) is 0. The molecule has 0 fully saturated rings. The Bertz CT molecular complexity index is 791. The minimum absolute atomic E-state index is 0.169. The van der Waals surface area contributed by atoms with Crippen molar-refractivity contribution in [2.75, 3.05) is 11.9 Å². The summed E-state index contributed by atoms with van der Waals surface area (Å²) in [6, 6.07) is 6.93. The molecule has 0 saturated carbocycles. The van der Waals surface area contributed by atoms with Crippen molar-refractivity contribution in [2.24, 2.45) is 0 Å². The number of hydrogen-bond acceptors (Lipinski definition) is 5. The quantitative estimate of drug-likeness (QED) is 0.695. The molecule has 2 aliphatic heterocycles. The highest BCUT2D eigenvalue weighted by molar-refractivity contribution is 5.97. The molecule has 2 aliphatic rings. The molecule has 1 aromatic carbocycles. The lowest BCUT2D eigenvalue weighted by Gasteiger charge is -2.24. The number of cyclic esters (lactones) is 1. The van der Waals surface area contributed by atoms with Gasteiger partial charge in [-0.25, -0.2) is 4.79 Å². The molecule has 0 aliphatic carbocycles. The highest BCUT2D eigenvalue weighted by Crippen LogP contribution is 2.45. The number of carbonyl (C=O) groups is 1. The van der Waals surface area contributed by atoms with Crippen LogP contribution in [0.25, 0.3) is 0 Å². The van der Waals surface area contributed by atoms with Crippen molar-refractivity contribution in [1.29, 1.82) is 0 Å². The highest BCUT2D eigenvalue weighted by atomic mass is 16.5. The lowest BCUT2D eigenvalue weighted by molar-refractivity contribution is -0.136. The Kier molecular flexibility index (Phi) is 2.35. The highest BCUT2D eigenvalue weighted by Gasteiger charge is 2.40. The SMILES string of the molecule is Cc1[nH]nc2c1[C@H](c1cccc(O)c1)C1=C(COC1=O)N2. The Morgan fingerprint density at radius 3 is 3.10 bits per heavy atom. The number of aryl methyl sites for hydroxylation is 1. The van der Waals surface area contributed by atoms with Crippen LogP contribution in [0.5, 0.6) is 5.75 Å². The van der Waals surface area contributed by atoms with Crippen molar-refractivity contribution in [2.45, 2.75) is 12.8 Å². The lowest BCUT2D eigenvalue weighted by Crippen LogP contribution is -2.19. The molecule has 1 aromatic heterocycles. The summed E-state index contributed by atoms with van der Waals surface area (Å²) in [7, 11) is 0. The molecule has 21 heavy (non-hydrogen) atoms. The first kappa shape index (κ1) is 12.0. The van der Waals surface area contributed by atoms with Crippen LogP contribution >= 0.6 is 0 Å². The van der Waals surface area contributed by atoms with Crippen molar-refractivity contribution in [1.82, 2.24) is 10.2 Å². The zero-order valence-electron chi connectivity index (χ0n) is 11.3. The van der Waals surface area contributed by atoms with Gasteiger partial charge in [-0.15, -0.1) is 0 Å². The van der Waals surface area contributed by atoms with E-state index in [1.54, 1.807) is 18.2 Å². The van der Waals surface area contributed by atoms with Crippen LogP contribution in [0.1, 0.15) is 22.7 Å². The molecule has 4 rings (SSSR count). The number of nitrogens with zero attached hydrogens (tertiary/aromatic N) is 1. The predicted octanol–water partition coefficient (Wildman–Crippen LogP) is 1.79. The van der Waals surface area contributed by atoms with E-state index in [-0.39, 0.29) is 24.2 Å². The number of rotatable bonds is 1. The standard InChI is InChI=1S/C15H13N3O3/c1-7-11-12(8-3-2-4-9(19)5-8)13-10(6-21-15(13)20)16-14(11)18-17-7/h2-5,12,19H,6H2,1H3,(H2,16,17,18)/t12-/m0/s1. The minimum Gasteiger partial charge on any atom is -0.508 e. The van der Waals surface area contributed by atoms with Gasteiger partial charge in [-0.1, -0.05) is 12.1 Å². The Morgan fingerprint density at radius 1 is 1.43 bits per heavy atom. The number of benzene rings is 1. The van der Waals surface area contributed by atoms with Crippen LogP contribution in [0, 0.1) is 6.92 Å². The Morgan fingerprint density at radius 2 is 2.29 bits per heavy atom. The topological polar surface area (TPSA) is 87.2 Å². The van der Waals surface area contributed by atoms with E-state index in [2.05, 4.69) is 15.5 Å². The van der Waals surface area contributed by atoms with Crippen LogP contribution in [0.15, 0.2) is 35.5 Å². The van der Waals surface area contributed by atoms with Crippen LogP contribution in [0.4, 0.5) is 5.82 Å². The van der Waals surface area contributed by atoms with Crippen molar-refractivity contribution in [3.05, 3.63) is 52.4 Å². The smallest absolute Gasteiger partial charge is 0.337 e. The number of esters is 1. The zero-order valence-corrected chi connectivity index (χ0v) is 11.3. The number of fused-ring (bicyclic) bond motifs is 1. The van der Waals surface area contributed by atoms with Crippen LogP contribution in [-0.2, 0) is 9.53 Å². The molecule has 106 valence electrons. The number of phenols is 1. The first-order valence-electron chi connectivity index (χ1n) is 6.66. The molecule has 1 atom stereocenters. The van der Waals surface area contributed by atoms with E-state index in [0.717, 1.165) is 22.5 Å². The number of H-pyrrole nitrogens is 1. The fourth-order valence-corrected chi connectivity index (χ4v) is 3.02. The third kappa shape index (κ3) is 1.65. The summed E-state index contributed by atoms with van der Waals surface area (Å²) >= 11 is 0. The van der Waals surface area contributed by atoms with Crippen molar-refractivity contribution in [3.63, 3.8) is 0 Å². The van der Waals surface area contributed by atoms with Crippen molar-refractivity contribution in [3.8, 4) is 5.75 Å². The lowest BCUT2D eigenvalue weighted by atomic mass is 9.82. The van der Waals surface area contributed by atoms with E-state index in [1.165, 1.54) is 0 Å². The summed E-state index contributed by atoms with van der Waals surface area (Å²) in [4.78, 5) is 12.1. The summed E-state index contributed by atoms with van der Waals surface area (Å²) in [5.41, 5.74) is 3.98. The Labute approximate surface area is 120 Å². The van der Waals surface area contributed by atoms with E-state index in [4.69, 9.17) is 4.74 Å². The second-order valence-electron chi connectivity index (χ2n) is 5.23. The molecule has 0 saturated heterocycles. The van der Waals surface area contributed by atoms with E-state index < -0.39 is 0 Å². The minimum atomic E-state index is -0.322. The maximum Gasteiger partial charge on any atom is 0.337 e. The van der Waals surface area contributed by atoms with Gasteiger partial charge in [0.2, 0.25) is 0 Å². The fraction of sp³-hybridized carbons (Fsp3) is 0.200. The second-order valence-corrected chi connectivity index (χ2v) is 5.23. The third-order valence-electron chi connectivity index (χ3n) is 3.94. The summed E-state index contributed by atoms with van der Waals surface area (Å²) in [6.45, 7) is 2.14. The molecule has 0 spiro atoms. The van der Waals surface area contributed by atoms with Gasteiger partial charge in [0.05, 0.1) is 11.3 Å². The molecular weight excluding hydrogens is 270 g/mol. The average Bonchev–Trinajstić information content (AvgIpc) is 3.02. The van der Waals surface area contributed by atoms with E-state index >= 15 is 0 Å². The molecule has 2 aromatic rings. The number of carbonyl (C=O) groups excluding carboxylic acids is 1. The zero-order chi connectivity index (χ0) is 14.6. The number of ether oxygens (including phenoxy) is 1. The summed E-state index contributed by atoms with van der Waals surface area (Å²) in [5.74, 6) is 0.273. The predicted molar refractivity (Wildman–Crippen MR) is 74.9 cm³/mol. The van der Waals surface area contributed by atoms with Crippen LogP contribution < -0.4 is 5.32 Å². The molecule has 6 heteroatoms. The summed E-state index contributed by atoms with van der Waals surface area (Å²) < 4.78 is 5.15. The van der Waals surface area contributed by atoms with Gasteiger partial charge < -0.3 is 15.2 Å². The second kappa shape index (κ2) is 4.12. The van der Waals surface area contributed by atoms with Gasteiger partial charge in [0.25, 0.3) is 0 Å². The van der Waals surface area contributed by atoms with Gasteiger partial charge in [-0.05, 0) is 24.6 Å². The number of aromatic hydroxyl groups is 1. The van der Waals surface area contributed by atoms with Crippen LogP contribution in [-0.4, -0.2) is 27.9 Å². The van der Waals surface area contributed by atoms with Gasteiger partial charge in [-0.3, -0.25) is 5.10 Å². The van der Waals surface area contributed by atoms with E-state index in [0.29, 0.717) is 11.4 Å². The molecule has 0 radical (unpaired) electrons. The molecule has 0 bridgehead atoms. The largest absolute Gasteiger partial charge is 0.508 e. The Balaban J connectivity index is 1.96. The van der Waals surface area contributed by atoms with Gasteiger partial charge in [0.15, 0.2) is 5.82 Å². The Hall–Kier alpha value is -2.76. The molecule has 3 N–H and O–H groups in total. The first-order chi connectivity index (χ1) is 10.1. The molecule has 6 nitrogen and oxygen atoms in total. The third-order valence-corrected chi connectivity index (χ3v) is 3.94. The molecule has 0 amide bonds. The molecule has 3 heterocycles. The molecule has 0 unspecified atom stereocenters. The number of phenolic OH excluding ortho intramolecular Hbond substituents is 1. The number of aromatic nitrogens is 2. The number of anilines is 1. The van der Waals surface area contributed by atoms with E-state index in [9.17, 15) is 9.90 Å². The first-order valence-corrected chi connectivity index (χ1v) is 6.66. The van der Waals surface area contributed by atoms with Gasteiger partial charge in [0.1, 0.15) is 12.4 Å². The average molecular weight is 283 g/mol. The van der Waals surface area contributed by atoms with Crippen LogP contribution in [0.2, 0.25) is 0 Å². The number of hydrogen-bond donors (Lipinski definition) is 3. The van der Waals surface area contributed by atoms with Crippen molar-refractivity contribution < 1.29 is 14.6 Å². The normalized spacial score (nSPS) is 19.9. The summed E-state index contributed by atoms with van der Waals surface area (Å²) in [5, 5.41) is 20.1.